The van der Waals surface area contributed by atoms with E-state index in [1.54, 1.807) is 0 Å². The first kappa shape index (κ1) is 11.9. The average molecular weight is 261 g/mol. The predicted molar refractivity (Wildman–Crippen MR) is 78.0 cm³/mol. The molecule has 1 fully saturated rings. The first-order valence-corrected chi connectivity index (χ1v) is 7.15. The van der Waals surface area contributed by atoms with Crippen LogP contribution in [-0.2, 0) is 12.8 Å². The fourth-order valence-electron chi connectivity index (χ4n) is 2.63. The summed E-state index contributed by atoms with van der Waals surface area (Å²) in [5.41, 5.74) is 9.32. The van der Waals surface area contributed by atoms with Crippen molar-refractivity contribution in [2.24, 2.45) is 11.7 Å². The van der Waals surface area contributed by atoms with Gasteiger partial charge in [-0.1, -0.05) is 19.1 Å². The van der Waals surface area contributed by atoms with Gasteiger partial charge in [-0.15, -0.1) is 0 Å². The smallest absolute Gasteiger partial charge is 0.136 e. The van der Waals surface area contributed by atoms with E-state index in [9.17, 15) is 0 Å². The molecule has 2 unspecified atom stereocenters. The SMILES string of the molecule is CC1CC1Nc1nc2c(cc1C(N)=S)CCCC2. The van der Waals surface area contributed by atoms with Crippen molar-refractivity contribution >= 4 is 23.0 Å². The number of hydrogen-bond acceptors (Lipinski definition) is 3. The lowest BCUT2D eigenvalue weighted by Gasteiger charge is -2.19. The number of aryl methyl sites for hydroxylation is 2. The molecule has 0 aliphatic heterocycles. The van der Waals surface area contributed by atoms with E-state index < -0.39 is 0 Å². The molecule has 0 spiro atoms. The Morgan fingerprint density at radius 2 is 2.17 bits per heavy atom. The number of pyridine rings is 1. The van der Waals surface area contributed by atoms with Gasteiger partial charge in [0, 0.05) is 11.7 Å². The predicted octanol–water partition coefficient (Wildman–Crippen LogP) is 2.41. The molecule has 4 heteroatoms. The van der Waals surface area contributed by atoms with Crippen molar-refractivity contribution in [2.45, 2.75) is 45.1 Å². The van der Waals surface area contributed by atoms with Crippen LogP contribution in [0.15, 0.2) is 6.07 Å². The highest BCUT2D eigenvalue weighted by Crippen LogP contribution is 2.34. The Bertz CT molecular complexity index is 498. The van der Waals surface area contributed by atoms with Gasteiger partial charge in [-0.2, -0.15) is 0 Å². The highest BCUT2D eigenvalue weighted by atomic mass is 32.1. The van der Waals surface area contributed by atoms with Crippen LogP contribution in [0.1, 0.15) is 43.0 Å². The maximum atomic E-state index is 5.83. The molecule has 18 heavy (non-hydrogen) atoms. The number of aromatic nitrogens is 1. The topological polar surface area (TPSA) is 50.9 Å². The van der Waals surface area contributed by atoms with Crippen molar-refractivity contribution in [3.63, 3.8) is 0 Å². The molecule has 0 radical (unpaired) electrons. The minimum atomic E-state index is 0.451. The Balaban J connectivity index is 1.96. The van der Waals surface area contributed by atoms with E-state index in [1.807, 2.05) is 0 Å². The zero-order valence-corrected chi connectivity index (χ0v) is 11.5. The van der Waals surface area contributed by atoms with Gasteiger partial charge >= 0.3 is 0 Å². The van der Waals surface area contributed by atoms with Crippen LogP contribution < -0.4 is 11.1 Å². The van der Waals surface area contributed by atoms with E-state index in [4.69, 9.17) is 22.9 Å². The normalized spacial score (nSPS) is 25.4. The van der Waals surface area contributed by atoms with Gasteiger partial charge < -0.3 is 11.1 Å². The van der Waals surface area contributed by atoms with E-state index in [1.165, 1.54) is 30.5 Å². The van der Waals surface area contributed by atoms with Gasteiger partial charge in [0.05, 0.1) is 5.56 Å². The molecule has 2 aliphatic carbocycles. The Morgan fingerprint density at radius 1 is 1.44 bits per heavy atom. The molecule has 2 aliphatic rings. The second-order valence-electron chi connectivity index (χ2n) is 5.53. The van der Waals surface area contributed by atoms with Crippen LogP contribution in [0.5, 0.6) is 0 Å². The minimum Gasteiger partial charge on any atom is -0.389 e. The molecular formula is C14H19N3S. The first-order chi connectivity index (χ1) is 8.65. The van der Waals surface area contributed by atoms with Crippen LogP contribution in [0.4, 0.5) is 5.82 Å². The van der Waals surface area contributed by atoms with Crippen LogP contribution in [0.2, 0.25) is 0 Å². The molecule has 1 saturated carbocycles. The number of fused-ring (bicyclic) bond motifs is 1. The van der Waals surface area contributed by atoms with Crippen molar-refractivity contribution in [3.8, 4) is 0 Å². The highest BCUT2D eigenvalue weighted by Gasteiger charge is 2.33. The first-order valence-electron chi connectivity index (χ1n) is 6.74. The second-order valence-corrected chi connectivity index (χ2v) is 5.97. The fourth-order valence-corrected chi connectivity index (χ4v) is 2.79. The van der Waals surface area contributed by atoms with Crippen LogP contribution in [-0.4, -0.2) is 16.0 Å². The quantitative estimate of drug-likeness (QED) is 0.820. The maximum Gasteiger partial charge on any atom is 0.136 e. The summed E-state index contributed by atoms with van der Waals surface area (Å²) in [6, 6.07) is 2.70. The lowest BCUT2D eigenvalue weighted by Crippen LogP contribution is -2.19. The minimum absolute atomic E-state index is 0.451. The molecule has 3 rings (SSSR count). The Kier molecular flexibility index (Phi) is 2.98. The molecule has 1 aromatic heterocycles. The van der Waals surface area contributed by atoms with Gasteiger partial charge in [-0.05, 0) is 49.7 Å². The van der Waals surface area contributed by atoms with Gasteiger partial charge in [0.1, 0.15) is 10.8 Å². The van der Waals surface area contributed by atoms with Crippen LogP contribution in [0.3, 0.4) is 0 Å². The summed E-state index contributed by atoms with van der Waals surface area (Å²) in [6.07, 6.45) is 5.90. The average Bonchev–Trinajstić information content (AvgIpc) is 3.04. The monoisotopic (exact) mass is 261 g/mol. The summed E-state index contributed by atoms with van der Waals surface area (Å²) in [6.45, 7) is 2.25. The van der Waals surface area contributed by atoms with Gasteiger partial charge in [-0.3, -0.25) is 0 Å². The van der Waals surface area contributed by atoms with Gasteiger partial charge in [0.2, 0.25) is 0 Å². The lowest BCUT2D eigenvalue weighted by molar-refractivity contribution is 0.668. The number of hydrogen-bond donors (Lipinski definition) is 2. The van der Waals surface area contributed by atoms with E-state index in [0.29, 0.717) is 11.0 Å². The summed E-state index contributed by atoms with van der Waals surface area (Å²) in [4.78, 5) is 5.22. The summed E-state index contributed by atoms with van der Waals surface area (Å²) in [7, 11) is 0. The van der Waals surface area contributed by atoms with Crippen LogP contribution in [0, 0.1) is 5.92 Å². The van der Waals surface area contributed by atoms with Gasteiger partial charge in [0.15, 0.2) is 0 Å². The standard InChI is InChI=1S/C14H19N3S/c1-8-6-12(8)17-14-10(13(15)18)7-9-4-2-3-5-11(9)16-14/h7-8,12H,2-6H2,1H3,(H2,15,18)(H,16,17). The molecule has 0 bridgehead atoms. The number of thiocarbonyl (C=S) groups is 1. The molecule has 1 heterocycles. The maximum absolute atomic E-state index is 5.83. The molecule has 1 aromatic rings. The summed E-state index contributed by atoms with van der Waals surface area (Å²) in [5, 5.41) is 3.49. The third-order valence-electron chi connectivity index (χ3n) is 4.00. The van der Waals surface area contributed by atoms with E-state index in [-0.39, 0.29) is 0 Å². The lowest BCUT2D eigenvalue weighted by atomic mass is 9.94. The number of nitrogens with two attached hydrogens (primary N) is 1. The van der Waals surface area contributed by atoms with Crippen LogP contribution >= 0.6 is 12.2 Å². The van der Waals surface area contributed by atoms with Crippen molar-refractivity contribution < 1.29 is 0 Å². The molecule has 0 amide bonds. The fraction of sp³-hybridized carbons (Fsp3) is 0.571. The van der Waals surface area contributed by atoms with Crippen LogP contribution in [0.25, 0.3) is 0 Å². The Morgan fingerprint density at radius 3 is 2.83 bits per heavy atom. The van der Waals surface area contributed by atoms with E-state index in [2.05, 4.69) is 18.3 Å². The molecular weight excluding hydrogens is 242 g/mol. The number of anilines is 1. The zero-order chi connectivity index (χ0) is 12.7. The molecule has 3 nitrogen and oxygen atoms in total. The molecule has 96 valence electrons. The third-order valence-corrected chi connectivity index (χ3v) is 4.22. The van der Waals surface area contributed by atoms with E-state index >= 15 is 0 Å². The Labute approximate surface area is 113 Å². The zero-order valence-electron chi connectivity index (χ0n) is 10.7. The number of rotatable bonds is 3. The van der Waals surface area contributed by atoms with Crippen molar-refractivity contribution in [3.05, 3.63) is 22.9 Å². The molecule has 0 aromatic carbocycles. The number of nitrogens with zero attached hydrogens (tertiary/aromatic N) is 1. The highest BCUT2D eigenvalue weighted by molar-refractivity contribution is 7.80. The second kappa shape index (κ2) is 4.50. The summed E-state index contributed by atoms with van der Waals surface area (Å²) in [5.74, 6) is 1.64. The summed E-state index contributed by atoms with van der Waals surface area (Å²) >= 11 is 5.16. The van der Waals surface area contributed by atoms with Gasteiger partial charge in [-0.25, -0.2) is 4.98 Å². The molecule has 3 N–H and O–H groups in total. The van der Waals surface area contributed by atoms with Gasteiger partial charge in [0.25, 0.3) is 0 Å². The molecule has 2 atom stereocenters. The largest absolute Gasteiger partial charge is 0.389 e. The van der Waals surface area contributed by atoms with Crippen molar-refractivity contribution in [1.29, 1.82) is 0 Å². The molecule has 0 saturated heterocycles. The Hall–Kier alpha value is -1.16. The van der Waals surface area contributed by atoms with Crippen molar-refractivity contribution in [1.82, 2.24) is 4.98 Å². The number of nitrogens with one attached hydrogen (secondary N) is 1. The third kappa shape index (κ3) is 2.21. The summed E-state index contributed by atoms with van der Waals surface area (Å²) < 4.78 is 0. The van der Waals surface area contributed by atoms with E-state index in [0.717, 1.165) is 30.1 Å². The van der Waals surface area contributed by atoms with Crippen molar-refractivity contribution in [2.75, 3.05) is 5.32 Å².